The minimum atomic E-state index is -4.15. The van der Waals surface area contributed by atoms with Crippen molar-refractivity contribution < 1.29 is 54.9 Å². The van der Waals surface area contributed by atoms with Gasteiger partial charge in [-0.15, -0.1) is 4.52 Å². The second-order valence-corrected chi connectivity index (χ2v) is 12.9. The maximum atomic E-state index is 14.2. The monoisotopic (exact) mass is 715 g/mol. The molecule has 3 rings (SSSR count). The number of carbonyl (C=O) groups is 2. The fraction of sp³-hybridized carbons (Fsp3) is 0.433. The first-order valence-electron chi connectivity index (χ1n) is 15.0. The maximum Gasteiger partial charge on any atom is 0.510 e. The van der Waals surface area contributed by atoms with Gasteiger partial charge < -0.3 is 19.5 Å². The van der Waals surface area contributed by atoms with Crippen LogP contribution < -0.4 is 10.6 Å². The van der Waals surface area contributed by atoms with Gasteiger partial charge in [-0.25, -0.2) is 22.9 Å². The van der Waals surface area contributed by atoms with E-state index in [9.17, 15) is 27.5 Å². The zero-order valence-electron chi connectivity index (χ0n) is 26.9. The van der Waals surface area contributed by atoms with Gasteiger partial charge in [0.15, 0.2) is 23.2 Å². The molecule has 14 nitrogen and oxygen atoms in total. The third-order valence-electron chi connectivity index (χ3n) is 6.55. The van der Waals surface area contributed by atoms with Crippen LogP contribution in [0.2, 0.25) is 0 Å². The van der Waals surface area contributed by atoms with Crippen molar-refractivity contribution in [1.82, 2.24) is 15.4 Å². The molecule has 262 valence electrons. The Labute approximate surface area is 277 Å². The predicted molar refractivity (Wildman–Crippen MR) is 172 cm³/mol. The van der Waals surface area contributed by atoms with Crippen molar-refractivity contribution in [2.75, 3.05) is 45.0 Å². The Hall–Kier alpha value is -3.78. The summed E-state index contributed by atoms with van der Waals surface area (Å²) in [6.07, 6.45) is -2.58. The molecule has 0 aliphatic carbocycles. The number of halogens is 2. The normalized spacial score (nSPS) is 13.0. The first-order chi connectivity index (χ1) is 23.0. The van der Waals surface area contributed by atoms with Gasteiger partial charge in [0.05, 0.1) is 25.9 Å². The summed E-state index contributed by atoms with van der Waals surface area (Å²) in [6.45, 7) is 4.05. The average molecular weight is 716 g/mol. The van der Waals surface area contributed by atoms with Gasteiger partial charge in [0.2, 0.25) is 6.16 Å². The highest BCUT2D eigenvalue weighted by molar-refractivity contribution is 7.48. The van der Waals surface area contributed by atoms with Gasteiger partial charge in [-0.3, -0.25) is 18.9 Å². The number of amides is 3. The summed E-state index contributed by atoms with van der Waals surface area (Å²) >= 11 is 0. The van der Waals surface area contributed by atoms with E-state index < -0.39 is 58.4 Å². The van der Waals surface area contributed by atoms with Crippen LogP contribution in [-0.4, -0.2) is 74.0 Å². The number of anilines is 1. The van der Waals surface area contributed by atoms with Crippen LogP contribution in [0.15, 0.2) is 59.1 Å². The number of nitrogens with zero attached hydrogens (tertiary/aromatic N) is 2. The number of hydrogen-bond donors (Lipinski definition) is 2. The Morgan fingerprint density at radius 3 is 2.42 bits per heavy atom. The summed E-state index contributed by atoms with van der Waals surface area (Å²) in [5, 5.41) is 8.75. The minimum absolute atomic E-state index is 0.0265. The van der Waals surface area contributed by atoms with Gasteiger partial charge in [-0.2, -0.15) is 0 Å². The van der Waals surface area contributed by atoms with Crippen LogP contribution in [0, 0.1) is 11.6 Å². The molecule has 1 heterocycles. The van der Waals surface area contributed by atoms with Gasteiger partial charge in [0.25, 0.3) is 0 Å². The van der Waals surface area contributed by atoms with Crippen molar-refractivity contribution in [3.63, 3.8) is 0 Å². The third-order valence-corrected chi connectivity index (χ3v) is 9.51. The Balaban J connectivity index is 1.80. The molecule has 18 heteroatoms. The van der Waals surface area contributed by atoms with E-state index in [2.05, 4.69) is 15.8 Å². The number of rotatable bonds is 19. The zero-order valence-corrected chi connectivity index (χ0v) is 28.7. The maximum absolute atomic E-state index is 14.2. The lowest BCUT2D eigenvalue weighted by molar-refractivity contribution is 0.0605. The van der Waals surface area contributed by atoms with Crippen LogP contribution in [0.25, 0.3) is 11.3 Å². The van der Waals surface area contributed by atoms with Gasteiger partial charge >= 0.3 is 28.0 Å². The third kappa shape index (κ3) is 12.0. The van der Waals surface area contributed by atoms with Gasteiger partial charge in [-0.05, 0) is 31.4 Å². The van der Waals surface area contributed by atoms with Crippen LogP contribution in [0.4, 0.5) is 24.2 Å². The van der Waals surface area contributed by atoms with Crippen LogP contribution in [-0.2, 0) is 38.5 Å². The molecule has 1 aromatic heterocycles. The predicted octanol–water partition coefficient (Wildman–Crippen LogP) is 7.11. The molecule has 1 unspecified atom stereocenters. The van der Waals surface area contributed by atoms with E-state index in [1.165, 1.54) is 25.2 Å². The quantitative estimate of drug-likeness (QED) is 0.121. The van der Waals surface area contributed by atoms with Crippen LogP contribution in [0.1, 0.15) is 32.8 Å². The SMILES string of the molecule is CCO[P+](=O)C[C@@H](C[C@@H](COC(=O)Nc1cc(-c2ccccc2)on1)N(C)C(=O)NCc1cccc(F)c1F)OP(=O)(OCC)OCC. The summed E-state index contributed by atoms with van der Waals surface area (Å²) in [5.74, 6) is -1.74. The number of urea groups is 1. The fourth-order valence-corrected chi connectivity index (χ4v) is 6.71. The van der Waals surface area contributed by atoms with Gasteiger partial charge in [-0.1, -0.05) is 47.6 Å². The topological polar surface area (TPSA) is 168 Å². The minimum Gasteiger partial charge on any atom is -0.447 e. The molecule has 3 aromatic rings. The molecule has 0 radical (unpaired) electrons. The molecule has 48 heavy (non-hydrogen) atoms. The Bertz CT molecular complexity index is 1540. The number of phosphoric ester groups is 1. The summed E-state index contributed by atoms with van der Waals surface area (Å²) < 4.78 is 85.9. The number of ether oxygens (including phenoxy) is 1. The number of phosphoric acid groups is 1. The smallest absolute Gasteiger partial charge is 0.447 e. The molecule has 0 aliphatic rings. The lowest BCUT2D eigenvalue weighted by Crippen LogP contribution is -2.47. The number of carbonyl (C=O) groups excluding carboxylic acids is 2. The van der Waals surface area contributed by atoms with Crippen LogP contribution >= 0.6 is 15.9 Å². The van der Waals surface area contributed by atoms with E-state index in [-0.39, 0.29) is 50.3 Å². The molecular weight excluding hydrogens is 676 g/mol. The molecular formula is C30H39F2N4O10P2+. The first-order valence-corrected chi connectivity index (χ1v) is 17.8. The average Bonchev–Trinajstić information content (AvgIpc) is 3.52. The molecule has 3 amide bonds. The van der Waals surface area contributed by atoms with Crippen molar-refractivity contribution in [3.05, 3.63) is 71.8 Å². The first kappa shape index (κ1) is 38.7. The van der Waals surface area contributed by atoms with Crippen LogP contribution in [0.5, 0.6) is 0 Å². The van der Waals surface area contributed by atoms with Crippen LogP contribution in [0.3, 0.4) is 0 Å². The van der Waals surface area contributed by atoms with E-state index in [1.807, 2.05) is 18.2 Å². The molecule has 0 aliphatic heterocycles. The van der Waals surface area contributed by atoms with Gasteiger partial charge in [0, 0.05) is 37.2 Å². The van der Waals surface area contributed by atoms with Crippen molar-refractivity contribution in [2.24, 2.45) is 0 Å². The second-order valence-electron chi connectivity index (χ2n) is 9.98. The second kappa shape index (κ2) is 19.3. The summed E-state index contributed by atoms with van der Waals surface area (Å²) in [7, 11) is -5.11. The molecule has 0 saturated carbocycles. The summed E-state index contributed by atoms with van der Waals surface area (Å²) in [6, 6.07) is 12.3. The molecule has 0 saturated heterocycles. The summed E-state index contributed by atoms with van der Waals surface area (Å²) in [4.78, 5) is 27.1. The number of aromatic nitrogens is 1. The number of hydrogen-bond acceptors (Lipinski definition) is 11. The molecule has 0 spiro atoms. The lowest BCUT2D eigenvalue weighted by atomic mass is 10.1. The molecule has 3 atom stereocenters. The van der Waals surface area contributed by atoms with E-state index in [0.29, 0.717) is 5.76 Å². The van der Waals surface area contributed by atoms with Crippen molar-refractivity contribution in [3.8, 4) is 11.3 Å². The van der Waals surface area contributed by atoms with Crippen molar-refractivity contribution in [2.45, 2.75) is 45.9 Å². The largest absolute Gasteiger partial charge is 0.510 e. The van der Waals surface area contributed by atoms with E-state index in [4.69, 9.17) is 27.4 Å². The molecule has 2 aromatic carbocycles. The highest BCUT2D eigenvalue weighted by atomic mass is 31.2. The highest BCUT2D eigenvalue weighted by Gasteiger charge is 2.38. The van der Waals surface area contributed by atoms with E-state index >= 15 is 0 Å². The molecule has 0 bridgehead atoms. The Kier molecular flexibility index (Phi) is 15.5. The van der Waals surface area contributed by atoms with E-state index in [0.717, 1.165) is 16.5 Å². The highest BCUT2D eigenvalue weighted by Crippen LogP contribution is 2.51. The van der Waals surface area contributed by atoms with Crippen molar-refractivity contribution >= 4 is 33.8 Å². The summed E-state index contributed by atoms with van der Waals surface area (Å²) in [5.41, 5.74) is 0.626. The Morgan fingerprint density at radius 1 is 1.04 bits per heavy atom. The standard InChI is InChI=1S/C30H38F2N4O10P2/c1-5-42-47(39)20-24(46-48(40,43-6-2)44-7-3)16-23(36(4)29(37)33-18-22-14-11-15-25(31)28(22)32)19-41-30(38)34-27-17-26(45-35-27)21-12-9-8-10-13-21/h8-15,17,23-24H,5-7,16,18-20H2,1-4H3,(H-,33,34,35,37,38)/p+1/t23-,24+/m0/s1. The van der Waals surface area contributed by atoms with Gasteiger partial charge in [0.1, 0.15) is 12.7 Å². The zero-order chi connectivity index (χ0) is 35.1. The van der Waals surface area contributed by atoms with Crippen molar-refractivity contribution in [1.29, 1.82) is 0 Å². The fourth-order valence-electron chi connectivity index (χ4n) is 4.28. The van der Waals surface area contributed by atoms with E-state index in [1.54, 1.807) is 32.9 Å². The Morgan fingerprint density at radius 2 is 1.75 bits per heavy atom. The number of benzene rings is 2. The number of nitrogens with one attached hydrogen (secondary N) is 2. The lowest BCUT2D eigenvalue weighted by Gasteiger charge is -2.30. The molecule has 0 fully saturated rings. The molecule has 2 N–H and O–H groups in total. The number of likely N-dealkylation sites (N-methyl/N-ethyl adjacent to an activating group) is 1.